The van der Waals surface area contributed by atoms with Crippen LogP contribution in [0, 0.1) is 0 Å². The van der Waals surface area contributed by atoms with Crippen molar-refractivity contribution in [1.29, 1.82) is 0 Å². The summed E-state index contributed by atoms with van der Waals surface area (Å²) in [7, 11) is -11.7. The second kappa shape index (κ2) is 14.5. The fourth-order valence-corrected chi connectivity index (χ4v) is 15.2. The van der Waals surface area contributed by atoms with E-state index >= 15 is 0 Å². The van der Waals surface area contributed by atoms with E-state index in [1.807, 2.05) is 33.9 Å². The predicted molar refractivity (Wildman–Crippen MR) is 118 cm³/mol. The van der Waals surface area contributed by atoms with E-state index in [-0.39, 0.29) is 0 Å². The molecule has 0 aliphatic heterocycles. The van der Waals surface area contributed by atoms with Crippen LogP contribution in [0.5, 0.6) is 0 Å². The Hall–Kier alpha value is 0.548. The van der Waals surface area contributed by atoms with E-state index < -0.39 is 35.7 Å². The summed E-state index contributed by atoms with van der Waals surface area (Å²) in [4.78, 5) is 10.6. The molecule has 0 rings (SSSR count). The molecule has 0 fully saturated rings. The lowest BCUT2D eigenvalue weighted by atomic mass is 10.5. The molecular formula is C16H42O8Si4. The van der Waals surface area contributed by atoms with Gasteiger partial charge in [0.15, 0.2) is 0 Å². The summed E-state index contributed by atoms with van der Waals surface area (Å²) < 4.78 is 41.8. The summed E-state index contributed by atoms with van der Waals surface area (Å²) in [5, 5.41) is 0. The first-order chi connectivity index (χ1) is 13.1. The van der Waals surface area contributed by atoms with E-state index in [2.05, 4.69) is 6.92 Å². The minimum absolute atomic E-state index is 0.420. The largest absolute Gasteiger partial charge is 0.487 e. The van der Waals surface area contributed by atoms with Gasteiger partial charge in [-0.15, -0.1) is 0 Å². The van der Waals surface area contributed by atoms with Crippen LogP contribution in [-0.4, -0.2) is 66.9 Å². The lowest BCUT2D eigenvalue weighted by Crippen LogP contribution is -2.61. The van der Waals surface area contributed by atoms with Crippen LogP contribution in [0.15, 0.2) is 0 Å². The molecule has 170 valence electrons. The van der Waals surface area contributed by atoms with Gasteiger partial charge >= 0.3 is 35.7 Å². The van der Waals surface area contributed by atoms with Crippen LogP contribution in [0.3, 0.4) is 0 Å². The zero-order chi connectivity index (χ0) is 21.7. The van der Waals surface area contributed by atoms with E-state index in [4.69, 9.17) is 30.0 Å². The first kappa shape index (κ1) is 28.5. The molecule has 0 aromatic carbocycles. The highest BCUT2D eigenvalue weighted by molar-refractivity contribution is 6.81. The lowest BCUT2D eigenvalue weighted by molar-refractivity contribution is 0.0683. The van der Waals surface area contributed by atoms with Crippen molar-refractivity contribution < 1.29 is 34.8 Å². The highest BCUT2D eigenvalue weighted by Gasteiger charge is 2.53. The molecule has 8 nitrogen and oxygen atoms in total. The molecule has 0 amide bonds. The van der Waals surface area contributed by atoms with Crippen LogP contribution in [0.4, 0.5) is 0 Å². The Balaban J connectivity index is 5.37. The molecule has 0 aliphatic rings. The maximum atomic E-state index is 10.6. The normalized spacial score (nSPS) is 19.6. The third-order valence-corrected chi connectivity index (χ3v) is 15.3. The van der Waals surface area contributed by atoms with Crippen molar-refractivity contribution >= 4 is 35.7 Å². The molecule has 0 bridgehead atoms. The van der Waals surface area contributed by atoms with Gasteiger partial charge in [0, 0.05) is 46.1 Å². The van der Waals surface area contributed by atoms with E-state index in [0.29, 0.717) is 26.4 Å². The number of hydrogen-bond donors (Lipinski definition) is 1. The van der Waals surface area contributed by atoms with Gasteiger partial charge in [-0.2, -0.15) is 0 Å². The van der Waals surface area contributed by atoms with Gasteiger partial charge in [-0.05, 0) is 32.2 Å². The van der Waals surface area contributed by atoms with Gasteiger partial charge in [-0.25, -0.2) is 0 Å². The quantitative estimate of drug-likeness (QED) is 0.303. The maximum absolute atomic E-state index is 10.6. The Morgan fingerprint density at radius 2 is 1.14 bits per heavy atom. The minimum Gasteiger partial charge on any atom is -0.397 e. The van der Waals surface area contributed by atoms with E-state index in [9.17, 15) is 4.80 Å². The van der Waals surface area contributed by atoms with Gasteiger partial charge in [0.05, 0.1) is 0 Å². The highest BCUT2D eigenvalue weighted by atomic mass is 28.5. The molecule has 0 spiro atoms. The minimum atomic E-state index is -3.40. The van der Waals surface area contributed by atoms with Crippen molar-refractivity contribution in [2.75, 3.05) is 26.4 Å². The summed E-state index contributed by atoms with van der Waals surface area (Å²) in [6.45, 7) is 17.3. The highest BCUT2D eigenvalue weighted by Crippen LogP contribution is 2.24. The van der Waals surface area contributed by atoms with Crippen LogP contribution in [0.2, 0.25) is 26.2 Å². The molecule has 0 aromatic rings. The molecular weight excluding hydrogens is 433 g/mol. The molecule has 0 aliphatic carbocycles. The van der Waals surface area contributed by atoms with Gasteiger partial charge in [-0.1, -0.05) is 27.7 Å². The maximum Gasteiger partial charge on any atom is 0.487 e. The predicted octanol–water partition coefficient (Wildman–Crippen LogP) is 3.29. The molecule has 4 unspecified atom stereocenters. The van der Waals surface area contributed by atoms with Gasteiger partial charge in [0.2, 0.25) is 0 Å². The molecule has 0 radical (unpaired) electrons. The zero-order valence-electron chi connectivity index (χ0n) is 19.0. The Morgan fingerprint density at radius 1 is 0.679 bits per heavy atom. The number of rotatable bonds is 18. The third-order valence-electron chi connectivity index (χ3n) is 3.39. The average molecular weight is 475 g/mol. The lowest BCUT2D eigenvalue weighted by Gasteiger charge is -2.38. The van der Waals surface area contributed by atoms with Crippen molar-refractivity contribution in [2.45, 2.75) is 79.6 Å². The molecule has 4 atom stereocenters. The fraction of sp³-hybridized carbons (Fsp3) is 1.00. The van der Waals surface area contributed by atoms with Gasteiger partial charge in [-0.3, -0.25) is 0 Å². The second-order valence-corrected chi connectivity index (χ2v) is 17.1. The Bertz CT molecular complexity index is 407. The Morgan fingerprint density at radius 3 is 1.64 bits per heavy atom. The van der Waals surface area contributed by atoms with Crippen molar-refractivity contribution in [2.24, 2.45) is 0 Å². The van der Waals surface area contributed by atoms with Crippen LogP contribution in [-0.2, 0) is 30.0 Å². The summed E-state index contributed by atoms with van der Waals surface area (Å²) in [6, 6.07) is 0. The standard InChI is InChI=1S/C16H42O8Si4/c1-9-13-18-25(5)22-27(7,20-15-11-3)24-28(8,21-16-12-4)23-26(6,17)19-14-10-2/h17,25H,9-16H2,1-8H3. The zero-order valence-corrected chi connectivity index (χ0v) is 23.2. The van der Waals surface area contributed by atoms with Crippen molar-refractivity contribution in [3.63, 3.8) is 0 Å². The van der Waals surface area contributed by atoms with Gasteiger partial charge in [0.1, 0.15) is 0 Å². The van der Waals surface area contributed by atoms with Crippen LogP contribution in [0.1, 0.15) is 53.4 Å². The molecule has 1 N–H and O–H groups in total. The monoisotopic (exact) mass is 474 g/mol. The van der Waals surface area contributed by atoms with Crippen molar-refractivity contribution in [3.05, 3.63) is 0 Å². The van der Waals surface area contributed by atoms with Crippen LogP contribution < -0.4 is 0 Å². The Labute approximate surface area is 176 Å². The van der Waals surface area contributed by atoms with E-state index in [1.165, 1.54) is 0 Å². The molecule has 0 saturated heterocycles. The second-order valence-electron chi connectivity index (χ2n) is 6.93. The van der Waals surface area contributed by atoms with Gasteiger partial charge in [0.25, 0.3) is 0 Å². The smallest absolute Gasteiger partial charge is 0.397 e. The summed E-state index contributed by atoms with van der Waals surface area (Å²) in [5.74, 6) is 0. The Kier molecular flexibility index (Phi) is 14.8. The summed E-state index contributed by atoms with van der Waals surface area (Å²) >= 11 is 0. The molecule has 0 heterocycles. The number of hydrogen-bond acceptors (Lipinski definition) is 8. The first-order valence-electron chi connectivity index (χ1n) is 10.4. The SMILES string of the molecule is CCCO[SiH](C)O[Si](C)(OCCC)O[Si](C)(OCCC)O[Si](C)(O)OCCC. The first-order valence-corrected chi connectivity index (χ1v) is 19.2. The molecule has 0 saturated carbocycles. The summed E-state index contributed by atoms with van der Waals surface area (Å²) in [6.07, 6.45) is 3.35. The van der Waals surface area contributed by atoms with Gasteiger partial charge < -0.3 is 34.8 Å². The summed E-state index contributed by atoms with van der Waals surface area (Å²) in [5.41, 5.74) is 0. The topological polar surface area (TPSA) is 84.8 Å². The van der Waals surface area contributed by atoms with Crippen LogP contribution in [0.25, 0.3) is 0 Å². The van der Waals surface area contributed by atoms with E-state index in [0.717, 1.165) is 25.7 Å². The molecule has 28 heavy (non-hydrogen) atoms. The molecule has 0 aromatic heterocycles. The molecule has 12 heteroatoms. The van der Waals surface area contributed by atoms with Crippen molar-refractivity contribution in [1.82, 2.24) is 0 Å². The third kappa shape index (κ3) is 13.0. The van der Waals surface area contributed by atoms with E-state index in [1.54, 1.807) is 13.1 Å². The fourth-order valence-electron chi connectivity index (χ4n) is 2.36. The average Bonchev–Trinajstić information content (AvgIpc) is 2.60. The van der Waals surface area contributed by atoms with Crippen LogP contribution >= 0.6 is 0 Å². The van der Waals surface area contributed by atoms with Crippen molar-refractivity contribution in [3.8, 4) is 0 Å².